The number of nitrogens with two attached hydrogens (primary N) is 1. The molecule has 0 saturated heterocycles. The van der Waals surface area contributed by atoms with Crippen molar-refractivity contribution < 1.29 is 8.42 Å². The molecular formula is C19H25ClN4O2S. The Labute approximate surface area is 165 Å². The van der Waals surface area contributed by atoms with Crippen LogP contribution in [0.15, 0.2) is 35.4 Å². The molecule has 1 aliphatic rings. The lowest BCUT2D eigenvalue weighted by Crippen LogP contribution is -2.26. The molecule has 1 fully saturated rings. The van der Waals surface area contributed by atoms with Crippen molar-refractivity contribution in [3.05, 3.63) is 41.3 Å². The van der Waals surface area contributed by atoms with Crippen LogP contribution in [-0.4, -0.2) is 29.7 Å². The summed E-state index contributed by atoms with van der Waals surface area (Å²) in [5, 5.41) is 2.93. The Bertz CT molecular complexity index is 910. The molecule has 0 radical (unpaired) electrons. The van der Waals surface area contributed by atoms with Gasteiger partial charge in [-0.2, -0.15) is 0 Å². The fourth-order valence-electron chi connectivity index (χ4n) is 3.24. The molecule has 0 spiro atoms. The van der Waals surface area contributed by atoms with Gasteiger partial charge in [-0.05, 0) is 51.7 Å². The number of anilines is 2. The molecule has 1 aromatic heterocycles. The Balaban J connectivity index is 1.92. The Morgan fingerprint density at radius 3 is 2.52 bits per heavy atom. The molecule has 1 aromatic carbocycles. The van der Waals surface area contributed by atoms with E-state index in [2.05, 4.69) is 15.3 Å². The lowest BCUT2D eigenvalue weighted by molar-refractivity contribution is 0.385. The van der Waals surface area contributed by atoms with Crippen molar-refractivity contribution in [3.63, 3.8) is 0 Å². The second-order valence-corrected chi connectivity index (χ2v) is 10.1. The largest absolute Gasteiger partial charge is 0.338 e. The van der Waals surface area contributed by atoms with Crippen molar-refractivity contribution >= 4 is 32.9 Å². The van der Waals surface area contributed by atoms with Crippen LogP contribution in [-0.2, 0) is 9.84 Å². The highest BCUT2D eigenvalue weighted by Gasteiger charge is 2.25. The van der Waals surface area contributed by atoms with E-state index in [1.165, 1.54) is 0 Å². The maximum absolute atomic E-state index is 12.7. The molecule has 8 heteroatoms. The van der Waals surface area contributed by atoms with E-state index < -0.39 is 15.1 Å². The second-order valence-electron chi connectivity index (χ2n) is 7.25. The number of nitrogens with one attached hydrogen (secondary N) is 1. The van der Waals surface area contributed by atoms with Crippen molar-refractivity contribution in [2.24, 2.45) is 5.73 Å². The summed E-state index contributed by atoms with van der Waals surface area (Å²) in [4.78, 5) is 9.22. The van der Waals surface area contributed by atoms with E-state index >= 15 is 0 Å². The molecule has 3 N–H and O–H groups in total. The number of para-hydroxylation sites is 1. The summed E-state index contributed by atoms with van der Waals surface area (Å²) in [7, 11) is -3.44. The summed E-state index contributed by atoms with van der Waals surface area (Å²) < 4.78 is 25.3. The summed E-state index contributed by atoms with van der Waals surface area (Å²) in [5.74, 6) is 1.39. The highest BCUT2D eigenvalue weighted by Crippen LogP contribution is 2.34. The minimum absolute atomic E-state index is 0.236. The molecule has 6 nitrogen and oxygen atoms in total. The SMILES string of the molecule is CC(C)S(=O)(=O)c1ccccc1Nc1nc(C2CCC(N)CC2)ncc1Cl. The minimum atomic E-state index is -3.44. The van der Waals surface area contributed by atoms with E-state index in [0.717, 1.165) is 31.5 Å². The van der Waals surface area contributed by atoms with Gasteiger partial charge in [-0.15, -0.1) is 0 Å². The average molecular weight is 409 g/mol. The second kappa shape index (κ2) is 8.12. The van der Waals surface area contributed by atoms with E-state index in [1.807, 2.05) is 0 Å². The van der Waals surface area contributed by atoms with Gasteiger partial charge in [0.1, 0.15) is 10.8 Å². The first-order chi connectivity index (χ1) is 12.8. The van der Waals surface area contributed by atoms with Gasteiger partial charge in [0.15, 0.2) is 15.7 Å². The van der Waals surface area contributed by atoms with Gasteiger partial charge in [-0.25, -0.2) is 18.4 Å². The molecule has 2 aromatic rings. The zero-order chi connectivity index (χ0) is 19.6. The zero-order valence-electron chi connectivity index (χ0n) is 15.5. The van der Waals surface area contributed by atoms with Gasteiger partial charge in [-0.1, -0.05) is 23.7 Å². The monoisotopic (exact) mass is 408 g/mol. The van der Waals surface area contributed by atoms with Gasteiger partial charge < -0.3 is 11.1 Å². The van der Waals surface area contributed by atoms with Gasteiger partial charge in [0.05, 0.1) is 22.0 Å². The van der Waals surface area contributed by atoms with E-state index in [4.69, 9.17) is 17.3 Å². The van der Waals surface area contributed by atoms with Gasteiger partial charge >= 0.3 is 0 Å². The smallest absolute Gasteiger partial charge is 0.182 e. The number of aromatic nitrogens is 2. The average Bonchev–Trinajstić information content (AvgIpc) is 2.64. The normalized spacial score (nSPS) is 20.6. The lowest BCUT2D eigenvalue weighted by Gasteiger charge is -2.25. The summed E-state index contributed by atoms with van der Waals surface area (Å²) in [6.07, 6.45) is 5.37. The van der Waals surface area contributed by atoms with Crippen molar-refractivity contribution in [1.29, 1.82) is 0 Å². The van der Waals surface area contributed by atoms with Crippen LogP contribution < -0.4 is 11.1 Å². The van der Waals surface area contributed by atoms with Crippen LogP contribution in [0.25, 0.3) is 0 Å². The summed E-state index contributed by atoms with van der Waals surface area (Å²) in [5.41, 5.74) is 6.44. The number of hydrogen-bond acceptors (Lipinski definition) is 6. The Hall–Kier alpha value is -1.70. The van der Waals surface area contributed by atoms with Gasteiger partial charge in [0.2, 0.25) is 0 Å². The first kappa shape index (κ1) is 20.0. The molecule has 0 unspecified atom stereocenters. The van der Waals surface area contributed by atoms with Gasteiger partial charge in [0.25, 0.3) is 0 Å². The van der Waals surface area contributed by atoms with Gasteiger partial charge in [-0.3, -0.25) is 0 Å². The van der Waals surface area contributed by atoms with Gasteiger partial charge in [0, 0.05) is 12.0 Å². The number of benzene rings is 1. The molecule has 0 aliphatic heterocycles. The molecule has 0 amide bonds. The van der Waals surface area contributed by atoms with Crippen LogP contribution in [0.1, 0.15) is 51.3 Å². The first-order valence-corrected chi connectivity index (χ1v) is 11.1. The quantitative estimate of drug-likeness (QED) is 0.774. The molecule has 1 aliphatic carbocycles. The maximum atomic E-state index is 12.7. The van der Waals surface area contributed by atoms with Crippen molar-refractivity contribution in [3.8, 4) is 0 Å². The lowest BCUT2D eigenvalue weighted by atomic mass is 9.86. The summed E-state index contributed by atoms with van der Waals surface area (Å²) in [6.45, 7) is 3.32. The molecule has 3 rings (SSSR count). The number of hydrogen-bond donors (Lipinski definition) is 2. The highest BCUT2D eigenvalue weighted by atomic mass is 35.5. The van der Waals surface area contributed by atoms with E-state index in [9.17, 15) is 8.42 Å². The molecule has 1 saturated carbocycles. The minimum Gasteiger partial charge on any atom is -0.338 e. The molecule has 27 heavy (non-hydrogen) atoms. The van der Waals surface area contributed by atoms with Crippen LogP contribution in [0.4, 0.5) is 11.5 Å². The van der Waals surface area contributed by atoms with Crippen LogP contribution in [0.3, 0.4) is 0 Å². The van der Waals surface area contributed by atoms with E-state index in [1.54, 1.807) is 44.3 Å². The third-order valence-electron chi connectivity index (χ3n) is 4.97. The fourth-order valence-corrected chi connectivity index (χ4v) is 4.58. The number of nitrogens with zero attached hydrogens (tertiary/aromatic N) is 2. The molecule has 146 valence electrons. The zero-order valence-corrected chi connectivity index (χ0v) is 17.1. The third kappa shape index (κ3) is 4.42. The molecule has 0 bridgehead atoms. The maximum Gasteiger partial charge on any atom is 0.182 e. The molecular weight excluding hydrogens is 384 g/mol. The predicted octanol–water partition coefficient (Wildman–Crippen LogP) is 4.04. The van der Waals surface area contributed by atoms with Crippen molar-refractivity contribution in [2.45, 2.75) is 61.6 Å². The van der Waals surface area contributed by atoms with Crippen LogP contribution in [0.5, 0.6) is 0 Å². The number of halogens is 1. The molecule has 1 heterocycles. The third-order valence-corrected chi connectivity index (χ3v) is 7.45. The first-order valence-electron chi connectivity index (χ1n) is 9.17. The summed E-state index contributed by atoms with van der Waals surface area (Å²) >= 11 is 6.28. The van der Waals surface area contributed by atoms with Crippen molar-refractivity contribution in [2.75, 3.05) is 5.32 Å². The summed E-state index contributed by atoms with van der Waals surface area (Å²) in [6, 6.07) is 7.04. The van der Waals surface area contributed by atoms with Crippen LogP contribution in [0.2, 0.25) is 5.02 Å². The van der Waals surface area contributed by atoms with Crippen LogP contribution >= 0.6 is 11.6 Å². The number of rotatable bonds is 5. The van der Waals surface area contributed by atoms with E-state index in [-0.39, 0.29) is 16.9 Å². The van der Waals surface area contributed by atoms with E-state index in [0.29, 0.717) is 16.5 Å². The highest BCUT2D eigenvalue weighted by molar-refractivity contribution is 7.92. The number of sulfone groups is 1. The fraction of sp³-hybridized carbons (Fsp3) is 0.474. The van der Waals surface area contributed by atoms with Crippen molar-refractivity contribution in [1.82, 2.24) is 9.97 Å². The Morgan fingerprint density at radius 1 is 1.19 bits per heavy atom. The standard InChI is InChI=1S/C19H25ClN4O2S/c1-12(2)27(25,26)17-6-4-3-5-16(17)23-19-15(20)11-22-18(24-19)13-7-9-14(21)10-8-13/h3-6,11-14H,7-10,21H2,1-2H3,(H,22,23,24). The molecule has 0 atom stereocenters. The topological polar surface area (TPSA) is 98.0 Å². The Kier molecular flexibility index (Phi) is 6.03. The van der Waals surface area contributed by atoms with Crippen LogP contribution in [0, 0.1) is 0 Å². The predicted molar refractivity (Wildman–Crippen MR) is 108 cm³/mol. The Morgan fingerprint density at radius 2 is 1.85 bits per heavy atom.